The van der Waals surface area contributed by atoms with E-state index in [2.05, 4.69) is 27.6 Å². The van der Waals surface area contributed by atoms with Gasteiger partial charge in [-0.3, -0.25) is 0 Å². The van der Waals surface area contributed by atoms with Crippen LogP contribution in [0, 0.1) is 35.3 Å². The molecule has 3 aromatic carbocycles. The Balaban J connectivity index is 1.36. The van der Waals surface area contributed by atoms with Crippen molar-refractivity contribution in [3.05, 3.63) is 53.6 Å². The van der Waals surface area contributed by atoms with Gasteiger partial charge in [0.15, 0.2) is 5.82 Å². The van der Waals surface area contributed by atoms with Crippen molar-refractivity contribution in [3.8, 4) is 35.2 Å². The van der Waals surface area contributed by atoms with Crippen molar-refractivity contribution >= 4 is 27.5 Å². The highest BCUT2D eigenvalue weighted by molar-refractivity contribution is 6.04. The summed E-state index contributed by atoms with van der Waals surface area (Å²) in [6, 6.07) is 9.56. The highest BCUT2D eigenvalue weighted by Crippen LogP contribution is 2.47. The number of fused-ring (bicyclic) bond motifs is 2. The Bertz CT molecular complexity index is 1760. The molecule has 1 N–H and O–H groups in total. The average molecular weight is 583 g/mol. The molecule has 6 nitrogen and oxygen atoms in total. The molecule has 222 valence electrons. The van der Waals surface area contributed by atoms with Gasteiger partial charge in [-0.05, 0) is 87.2 Å². The van der Waals surface area contributed by atoms with Crippen LogP contribution in [0.3, 0.4) is 0 Å². The van der Waals surface area contributed by atoms with Gasteiger partial charge in [0, 0.05) is 46.9 Å². The highest BCUT2D eigenvalue weighted by atomic mass is 19.1. The second-order valence-corrected chi connectivity index (χ2v) is 12.8. The average Bonchev–Trinajstić information content (AvgIpc) is 3.56. The van der Waals surface area contributed by atoms with Gasteiger partial charge in [-0.1, -0.05) is 25.0 Å². The number of aromatic nitrogens is 2. The van der Waals surface area contributed by atoms with Gasteiger partial charge < -0.3 is 19.6 Å². The molecule has 0 amide bonds. The van der Waals surface area contributed by atoms with E-state index in [0.717, 1.165) is 58.4 Å². The van der Waals surface area contributed by atoms with Crippen LogP contribution in [0.5, 0.6) is 11.8 Å². The minimum Gasteiger partial charge on any atom is -0.508 e. The molecule has 2 aliphatic heterocycles. The molecule has 0 bridgehead atoms. The predicted molar refractivity (Wildman–Crippen MR) is 165 cm³/mol. The number of anilines is 1. The first-order chi connectivity index (χ1) is 20.8. The molecule has 4 aromatic rings. The van der Waals surface area contributed by atoms with Crippen LogP contribution in [0.1, 0.15) is 51.0 Å². The number of phenols is 1. The van der Waals surface area contributed by atoms with E-state index in [1.54, 1.807) is 18.2 Å². The number of hydrogen-bond acceptors (Lipinski definition) is 6. The largest absolute Gasteiger partial charge is 0.508 e. The van der Waals surface area contributed by atoms with Gasteiger partial charge >= 0.3 is 6.01 Å². The van der Waals surface area contributed by atoms with E-state index in [9.17, 15) is 5.11 Å². The molecule has 3 heterocycles. The summed E-state index contributed by atoms with van der Waals surface area (Å²) in [4.78, 5) is 13.9. The fraction of sp³-hybridized carbons (Fsp3) is 0.429. The van der Waals surface area contributed by atoms with Crippen molar-refractivity contribution in [3.63, 3.8) is 0 Å². The molecule has 3 fully saturated rings. The normalized spacial score (nSPS) is 20.0. The molecule has 7 rings (SSSR count). The molecular formula is C35H36F2N4O2. The molecule has 0 spiro atoms. The summed E-state index contributed by atoms with van der Waals surface area (Å²) in [6.07, 6.45) is 12.5. The van der Waals surface area contributed by atoms with Crippen LogP contribution in [0.2, 0.25) is 0 Å². The van der Waals surface area contributed by atoms with Gasteiger partial charge in [0.25, 0.3) is 0 Å². The van der Waals surface area contributed by atoms with E-state index < -0.39 is 11.6 Å². The number of phenolic OH excluding ortho intramolecular Hbond substituents is 1. The highest BCUT2D eigenvalue weighted by Gasteiger charge is 2.45. The van der Waals surface area contributed by atoms with Crippen LogP contribution in [0.15, 0.2) is 36.4 Å². The zero-order chi connectivity index (χ0) is 29.7. The third kappa shape index (κ3) is 5.25. The number of halogens is 2. The Labute approximate surface area is 250 Å². The molecule has 1 atom stereocenters. The van der Waals surface area contributed by atoms with E-state index in [0.29, 0.717) is 40.1 Å². The third-order valence-electron chi connectivity index (χ3n) is 9.41. The summed E-state index contributed by atoms with van der Waals surface area (Å²) < 4.78 is 39.1. The topological polar surface area (TPSA) is 61.7 Å². The first kappa shape index (κ1) is 27.8. The molecule has 8 heteroatoms. The summed E-state index contributed by atoms with van der Waals surface area (Å²) in [5, 5.41) is 11.9. The third-order valence-corrected chi connectivity index (χ3v) is 9.41. The Hall–Kier alpha value is -3.96. The fourth-order valence-corrected chi connectivity index (χ4v) is 6.98. The molecule has 1 aromatic heterocycles. The van der Waals surface area contributed by atoms with Crippen molar-refractivity contribution in [2.24, 2.45) is 11.3 Å². The Morgan fingerprint density at radius 3 is 2.65 bits per heavy atom. The number of aromatic hydroxyl groups is 1. The van der Waals surface area contributed by atoms with Gasteiger partial charge in [-0.15, -0.1) is 6.42 Å². The number of ether oxygens (including phenoxy) is 1. The lowest BCUT2D eigenvalue weighted by molar-refractivity contribution is 0.170. The summed E-state index contributed by atoms with van der Waals surface area (Å²) >= 11 is 0. The summed E-state index contributed by atoms with van der Waals surface area (Å²) in [7, 11) is 0. The maximum atomic E-state index is 16.7. The van der Waals surface area contributed by atoms with Crippen molar-refractivity contribution < 1.29 is 18.6 Å². The van der Waals surface area contributed by atoms with Crippen LogP contribution in [0.4, 0.5) is 14.6 Å². The van der Waals surface area contributed by atoms with Gasteiger partial charge in [-0.2, -0.15) is 9.97 Å². The van der Waals surface area contributed by atoms with Crippen LogP contribution in [0.25, 0.3) is 32.8 Å². The quantitative estimate of drug-likeness (QED) is 0.239. The molecule has 0 unspecified atom stereocenters. The van der Waals surface area contributed by atoms with Crippen LogP contribution >= 0.6 is 0 Å². The molecule has 2 saturated heterocycles. The number of likely N-dealkylation sites (tertiary alicyclic amines) is 1. The molecular weight excluding hydrogens is 546 g/mol. The fourth-order valence-electron chi connectivity index (χ4n) is 6.98. The van der Waals surface area contributed by atoms with Crippen LogP contribution in [-0.4, -0.2) is 59.3 Å². The minimum absolute atomic E-state index is 0.00584. The molecule has 0 radical (unpaired) electrons. The van der Waals surface area contributed by atoms with Gasteiger partial charge in [0.1, 0.15) is 22.9 Å². The Kier molecular flexibility index (Phi) is 7.09. The summed E-state index contributed by atoms with van der Waals surface area (Å²) in [5.41, 5.74) is 0.437. The van der Waals surface area contributed by atoms with Gasteiger partial charge in [0.05, 0.1) is 12.2 Å². The van der Waals surface area contributed by atoms with Crippen molar-refractivity contribution in [2.75, 3.05) is 44.2 Å². The van der Waals surface area contributed by atoms with E-state index in [4.69, 9.17) is 16.1 Å². The summed E-state index contributed by atoms with van der Waals surface area (Å²) in [6.45, 7) is 7.34. The number of rotatable bonds is 7. The lowest BCUT2D eigenvalue weighted by atomic mass is 9.93. The van der Waals surface area contributed by atoms with E-state index in [1.807, 2.05) is 0 Å². The van der Waals surface area contributed by atoms with Crippen molar-refractivity contribution in [1.29, 1.82) is 0 Å². The first-order valence-corrected chi connectivity index (χ1v) is 15.4. The SMILES string of the molecule is C#Cc1cccc2cc(O)cc(-c3c(F)cc4c(N5CCC[C@H](C)C5)nc(OCC5(CN6CCCC6)CC5)nc4c3F)c12. The second-order valence-electron chi connectivity index (χ2n) is 12.8. The van der Waals surface area contributed by atoms with E-state index >= 15 is 8.78 Å². The maximum Gasteiger partial charge on any atom is 0.319 e. The van der Waals surface area contributed by atoms with Crippen molar-refractivity contribution in [1.82, 2.24) is 14.9 Å². The zero-order valence-corrected chi connectivity index (χ0v) is 24.5. The van der Waals surface area contributed by atoms with Crippen molar-refractivity contribution in [2.45, 2.75) is 45.4 Å². The summed E-state index contributed by atoms with van der Waals surface area (Å²) in [5.74, 6) is 1.83. The smallest absolute Gasteiger partial charge is 0.319 e. The monoisotopic (exact) mass is 582 g/mol. The van der Waals surface area contributed by atoms with Crippen LogP contribution < -0.4 is 9.64 Å². The number of nitrogens with zero attached hydrogens (tertiary/aromatic N) is 4. The molecule has 1 saturated carbocycles. The lowest BCUT2D eigenvalue weighted by Crippen LogP contribution is -2.35. The second kappa shape index (κ2) is 10.9. The maximum absolute atomic E-state index is 16.7. The zero-order valence-electron chi connectivity index (χ0n) is 24.5. The Morgan fingerprint density at radius 2 is 1.91 bits per heavy atom. The standard InChI is InChI=1S/C35H36F2N4O2/c1-3-23-9-6-10-24-16-25(42)17-26(29(23)24)30-28(36)18-27-32(31(30)37)38-34(39-33(27)41-15-7-8-22(2)19-41)43-21-35(11-12-35)20-40-13-4-5-14-40/h1,6,9-10,16-18,22,42H,4-5,7-8,11-15,19-21H2,2H3/t22-/m0/s1. The lowest BCUT2D eigenvalue weighted by Gasteiger charge is -2.32. The number of hydrogen-bond donors (Lipinski definition) is 1. The molecule has 3 aliphatic rings. The molecule has 43 heavy (non-hydrogen) atoms. The van der Waals surface area contributed by atoms with Crippen LogP contribution in [-0.2, 0) is 0 Å². The Morgan fingerprint density at radius 1 is 1.09 bits per heavy atom. The number of benzene rings is 3. The van der Waals surface area contributed by atoms with Gasteiger partial charge in [-0.25, -0.2) is 8.78 Å². The first-order valence-electron chi connectivity index (χ1n) is 15.4. The number of piperidine rings is 1. The van der Waals surface area contributed by atoms with Gasteiger partial charge in [0.2, 0.25) is 0 Å². The number of terminal acetylenes is 1. The van der Waals surface area contributed by atoms with E-state index in [1.165, 1.54) is 31.0 Å². The predicted octanol–water partition coefficient (Wildman–Crippen LogP) is 6.91. The molecule has 1 aliphatic carbocycles. The van der Waals surface area contributed by atoms with E-state index in [-0.39, 0.29) is 33.8 Å². The minimum atomic E-state index is -0.828.